The molecule has 192 valence electrons. The Balaban J connectivity index is 1.52. The maximum atomic E-state index is 13.8. The molecule has 2 atom stereocenters. The summed E-state index contributed by atoms with van der Waals surface area (Å²) in [4.78, 5) is 31.2. The van der Waals surface area contributed by atoms with Crippen LogP contribution in [0.5, 0.6) is 11.5 Å². The van der Waals surface area contributed by atoms with Crippen LogP contribution in [-0.4, -0.2) is 31.6 Å². The Kier molecular flexibility index (Phi) is 7.40. The number of anilines is 2. The molecular weight excluding hydrogens is 476 g/mol. The average Bonchev–Trinajstić information content (AvgIpc) is 2.97. The highest BCUT2D eigenvalue weighted by atomic mass is 16.5. The molecule has 5 rings (SSSR count). The molecule has 0 aromatic heterocycles. The zero-order chi connectivity index (χ0) is 26.5. The first-order valence-corrected chi connectivity index (χ1v) is 12.7. The zero-order valence-corrected chi connectivity index (χ0v) is 21.5. The first kappa shape index (κ1) is 25.1. The van der Waals surface area contributed by atoms with Gasteiger partial charge in [-0.15, -0.1) is 0 Å². The molecule has 0 saturated carbocycles. The van der Waals surface area contributed by atoms with E-state index in [2.05, 4.69) is 0 Å². The second-order valence-electron chi connectivity index (χ2n) is 9.24. The Hall–Kier alpha value is -4.58. The Morgan fingerprint density at radius 2 is 1.47 bits per heavy atom. The quantitative estimate of drug-likeness (QED) is 0.296. The van der Waals surface area contributed by atoms with Gasteiger partial charge >= 0.3 is 0 Å². The van der Waals surface area contributed by atoms with Crippen molar-refractivity contribution in [1.82, 2.24) is 0 Å². The molecule has 1 heterocycles. The van der Waals surface area contributed by atoms with Crippen molar-refractivity contribution in [2.75, 3.05) is 23.5 Å². The molecule has 0 fully saturated rings. The molecule has 0 radical (unpaired) electrons. The van der Waals surface area contributed by atoms with Gasteiger partial charge in [-0.05, 0) is 61.4 Å². The summed E-state index contributed by atoms with van der Waals surface area (Å²) in [5.41, 5.74) is 2.98. The minimum Gasteiger partial charge on any atom is -0.496 e. The fourth-order valence-corrected chi connectivity index (χ4v) is 5.10. The maximum Gasteiger partial charge on any atom is 0.265 e. The number of hydrogen-bond donors (Lipinski definition) is 0. The van der Waals surface area contributed by atoms with Crippen LogP contribution in [0.4, 0.5) is 11.4 Å². The lowest BCUT2D eigenvalue weighted by Crippen LogP contribution is -2.48. The summed E-state index contributed by atoms with van der Waals surface area (Å²) in [7, 11) is 1.57. The number of hydrogen-bond acceptors (Lipinski definition) is 4. The van der Waals surface area contributed by atoms with Crippen LogP contribution in [0.2, 0.25) is 0 Å². The zero-order valence-electron chi connectivity index (χ0n) is 21.5. The molecule has 2 amide bonds. The summed E-state index contributed by atoms with van der Waals surface area (Å²) in [5, 5.41) is 0. The topological polar surface area (TPSA) is 59.1 Å². The highest BCUT2D eigenvalue weighted by molar-refractivity contribution is 6.09. The van der Waals surface area contributed by atoms with Gasteiger partial charge in [0.2, 0.25) is 0 Å². The highest BCUT2D eigenvalue weighted by Gasteiger charge is 2.39. The van der Waals surface area contributed by atoms with Gasteiger partial charge in [0.1, 0.15) is 11.5 Å². The lowest BCUT2D eigenvalue weighted by Gasteiger charge is -2.43. The van der Waals surface area contributed by atoms with Crippen molar-refractivity contribution in [3.63, 3.8) is 0 Å². The predicted octanol–water partition coefficient (Wildman–Crippen LogP) is 6.29. The van der Waals surface area contributed by atoms with Crippen LogP contribution >= 0.6 is 0 Å². The van der Waals surface area contributed by atoms with Crippen LogP contribution in [-0.2, 0) is 4.79 Å². The van der Waals surface area contributed by atoms with E-state index in [0.29, 0.717) is 23.5 Å². The Morgan fingerprint density at radius 1 is 0.842 bits per heavy atom. The highest BCUT2D eigenvalue weighted by Crippen LogP contribution is 2.43. The first-order valence-electron chi connectivity index (χ1n) is 12.7. The average molecular weight is 507 g/mol. The van der Waals surface area contributed by atoms with E-state index >= 15 is 0 Å². The van der Waals surface area contributed by atoms with Crippen LogP contribution in [0.15, 0.2) is 109 Å². The van der Waals surface area contributed by atoms with Crippen molar-refractivity contribution >= 4 is 23.2 Å². The van der Waals surface area contributed by atoms with Crippen molar-refractivity contribution in [2.45, 2.75) is 25.4 Å². The van der Waals surface area contributed by atoms with Crippen LogP contribution in [0.3, 0.4) is 0 Å². The van der Waals surface area contributed by atoms with Gasteiger partial charge in [-0.3, -0.25) is 9.59 Å². The van der Waals surface area contributed by atoms with E-state index in [0.717, 1.165) is 16.9 Å². The van der Waals surface area contributed by atoms with E-state index in [9.17, 15) is 9.59 Å². The number of nitrogens with zero attached hydrogens (tertiary/aromatic N) is 2. The number of methoxy groups -OCH3 is 1. The standard InChI is InChI=1S/C32H30N2O4/c1-23-21-29(34(24-13-5-3-6-14-24)31(35)22-38-25-15-7-4-8-16-25)26-17-9-11-19-28(26)33(23)32(36)27-18-10-12-20-30(27)37-2/h3-20,23,29H,21-22H2,1-2H3. The smallest absolute Gasteiger partial charge is 0.265 e. The van der Waals surface area contributed by atoms with Gasteiger partial charge < -0.3 is 19.3 Å². The maximum absolute atomic E-state index is 13.8. The summed E-state index contributed by atoms with van der Waals surface area (Å²) in [6.45, 7) is 1.92. The van der Waals surface area contributed by atoms with E-state index in [1.165, 1.54) is 0 Å². The van der Waals surface area contributed by atoms with Gasteiger partial charge in [0, 0.05) is 17.4 Å². The third-order valence-corrected chi connectivity index (χ3v) is 6.84. The molecule has 0 saturated heterocycles. The number of benzene rings is 4. The summed E-state index contributed by atoms with van der Waals surface area (Å²) in [5.74, 6) is 0.880. The van der Waals surface area contributed by atoms with Gasteiger partial charge in [-0.1, -0.05) is 66.7 Å². The van der Waals surface area contributed by atoms with E-state index < -0.39 is 0 Å². The summed E-state index contributed by atoms with van der Waals surface area (Å²) in [6, 6.07) is 33.6. The van der Waals surface area contributed by atoms with E-state index in [4.69, 9.17) is 9.47 Å². The van der Waals surface area contributed by atoms with Gasteiger partial charge in [0.25, 0.3) is 11.8 Å². The molecular formula is C32H30N2O4. The molecule has 1 aliphatic heterocycles. The van der Waals surface area contributed by atoms with Gasteiger partial charge in [-0.2, -0.15) is 0 Å². The van der Waals surface area contributed by atoms with E-state index in [-0.39, 0.29) is 30.5 Å². The third-order valence-electron chi connectivity index (χ3n) is 6.84. The molecule has 4 aromatic rings. The van der Waals surface area contributed by atoms with Gasteiger partial charge in [-0.25, -0.2) is 0 Å². The predicted molar refractivity (Wildman–Crippen MR) is 149 cm³/mol. The minimum atomic E-state index is -0.280. The van der Waals surface area contributed by atoms with Crippen molar-refractivity contribution in [3.8, 4) is 11.5 Å². The lowest BCUT2D eigenvalue weighted by molar-refractivity contribution is -0.121. The molecule has 4 aromatic carbocycles. The normalized spacial score (nSPS) is 16.3. The molecule has 0 bridgehead atoms. The fourth-order valence-electron chi connectivity index (χ4n) is 5.10. The van der Waals surface area contributed by atoms with E-state index in [1.54, 1.807) is 19.2 Å². The monoisotopic (exact) mass is 506 g/mol. The van der Waals surface area contributed by atoms with Crippen molar-refractivity contribution in [2.24, 2.45) is 0 Å². The number of rotatable bonds is 7. The molecule has 0 spiro atoms. The van der Waals surface area contributed by atoms with Crippen LogP contribution in [0.25, 0.3) is 0 Å². The fraction of sp³-hybridized carbons (Fsp3) is 0.188. The summed E-state index contributed by atoms with van der Waals surface area (Å²) < 4.78 is 11.3. The van der Waals surface area contributed by atoms with Crippen LogP contribution in [0, 0.1) is 0 Å². The van der Waals surface area contributed by atoms with Gasteiger partial charge in [0.05, 0.1) is 18.7 Å². The second kappa shape index (κ2) is 11.2. The first-order chi connectivity index (χ1) is 18.6. The SMILES string of the molecule is COc1ccccc1C(=O)N1c2ccccc2C(N(C(=O)COc2ccccc2)c2ccccc2)CC1C. The molecule has 6 nitrogen and oxygen atoms in total. The van der Waals surface area contributed by atoms with E-state index in [1.807, 2.05) is 114 Å². The number of ether oxygens (including phenoxy) is 2. The summed E-state index contributed by atoms with van der Waals surface area (Å²) >= 11 is 0. The Morgan fingerprint density at radius 3 is 2.21 bits per heavy atom. The van der Waals surface area contributed by atoms with Crippen molar-refractivity contribution in [1.29, 1.82) is 0 Å². The second-order valence-corrected chi connectivity index (χ2v) is 9.24. The number of carbonyl (C=O) groups excluding carboxylic acids is 2. The van der Waals surface area contributed by atoms with Crippen molar-refractivity contribution < 1.29 is 19.1 Å². The molecule has 2 unspecified atom stereocenters. The number of fused-ring (bicyclic) bond motifs is 1. The van der Waals surface area contributed by atoms with Crippen LogP contribution in [0.1, 0.15) is 35.3 Å². The Labute approximate surface area is 223 Å². The number of amides is 2. The molecule has 6 heteroatoms. The number of carbonyl (C=O) groups is 2. The summed E-state index contributed by atoms with van der Waals surface area (Å²) in [6.07, 6.45) is 0.559. The van der Waals surface area contributed by atoms with Crippen LogP contribution < -0.4 is 19.3 Å². The minimum absolute atomic E-state index is 0.101. The molecule has 0 N–H and O–H groups in total. The largest absolute Gasteiger partial charge is 0.496 e. The molecule has 38 heavy (non-hydrogen) atoms. The molecule has 0 aliphatic carbocycles. The third kappa shape index (κ3) is 4.98. The Bertz CT molecular complexity index is 1410. The van der Waals surface area contributed by atoms with Gasteiger partial charge in [0.15, 0.2) is 6.61 Å². The molecule has 1 aliphatic rings. The lowest BCUT2D eigenvalue weighted by atomic mass is 9.89. The van der Waals surface area contributed by atoms with Crippen molar-refractivity contribution in [3.05, 3.63) is 120 Å². The number of para-hydroxylation sites is 4.